The number of nitrogens with one attached hydrogen (secondary N) is 2. The molecule has 122 valence electrons. The van der Waals surface area contributed by atoms with E-state index < -0.39 is 0 Å². The first-order valence-corrected chi connectivity index (χ1v) is 8.99. The van der Waals surface area contributed by atoms with Crippen LogP contribution < -0.4 is 5.32 Å². The van der Waals surface area contributed by atoms with Gasteiger partial charge in [-0.05, 0) is 40.4 Å². The highest BCUT2D eigenvalue weighted by molar-refractivity contribution is 9.10. The van der Waals surface area contributed by atoms with Gasteiger partial charge in [-0.1, -0.05) is 11.8 Å². The molecule has 3 heterocycles. The summed E-state index contributed by atoms with van der Waals surface area (Å²) in [4.78, 5) is 16.4. The molecule has 0 aliphatic rings. The third-order valence-electron chi connectivity index (χ3n) is 3.39. The Labute approximate surface area is 148 Å². The summed E-state index contributed by atoms with van der Waals surface area (Å²) < 4.78 is 15.7. The molecule has 0 saturated heterocycles. The van der Waals surface area contributed by atoms with Crippen molar-refractivity contribution in [1.82, 2.24) is 29.5 Å². The average Bonchev–Trinajstić information content (AvgIpc) is 3.15. The molecule has 4 aromatic rings. The summed E-state index contributed by atoms with van der Waals surface area (Å²) >= 11 is 4.87. The summed E-state index contributed by atoms with van der Waals surface area (Å²) in [6.07, 6.45) is 3.58. The van der Waals surface area contributed by atoms with E-state index in [1.54, 1.807) is 16.8 Å². The molecule has 2 N–H and O–H groups in total. The second-order valence-corrected chi connectivity index (χ2v) is 6.59. The quantitative estimate of drug-likeness (QED) is 0.505. The minimum absolute atomic E-state index is 0.297. The summed E-state index contributed by atoms with van der Waals surface area (Å²) in [7, 11) is 0. The number of halogens is 2. The number of fused-ring (bicyclic) bond motifs is 2. The van der Waals surface area contributed by atoms with Crippen molar-refractivity contribution >= 4 is 50.3 Å². The lowest BCUT2D eigenvalue weighted by atomic mass is 10.3. The Balaban J connectivity index is 1.66. The minimum Gasteiger partial charge on any atom is -0.347 e. The third kappa shape index (κ3) is 2.71. The Morgan fingerprint density at radius 2 is 2.21 bits per heavy atom. The highest BCUT2D eigenvalue weighted by Crippen LogP contribution is 2.21. The Morgan fingerprint density at radius 3 is 3.04 bits per heavy atom. The van der Waals surface area contributed by atoms with Crippen molar-refractivity contribution in [2.45, 2.75) is 11.7 Å². The Kier molecular flexibility index (Phi) is 3.85. The maximum absolute atomic E-state index is 13.3. The van der Waals surface area contributed by atoms with E-state index in [-0.39, 0.29) is 5.82 Å². The van der Waals surface area contributed by atoms with Gasteiger partial charge in [-0.3, -0.25) is 0 Å². The normalized spacial score (nSPS) is 11.5. The van der Waals surface area contributed by atoms with Gasteiger partial charge < -0.3 is 10.3 Å². The predicted molar refractivity (Wildman–Crippen MR) is 93.6 cm³/mol. The topological polar surface area (TPSA) is 83.8 Å². The summed E-state index contributed by atoms with van der Waals surface area (Å²) in [6.45, 7) is 0.397. The van der Waals surface area contributed by atoms with Crippen LogP contribution in [-0.2, 0) is 6.54 Å². The van der Waals surface area contributed by atoms with Crippen molar-refractivity contribution in [2.24, 2.45) is 0 Å². The Bertz CT molecular complexity index is 1040. The molecule has 0 fully saturated rings. The fourth-order valence-electron chi connectivity index (χ4n) is 2.32. The van der Waals surface area contributed by atoms with Crippen molar-refractivity contribution in [2.75, 3.05) is 11.6 Å². The largest absolute Gasteiger partial charge is 0.347 e. The Morgan fingerprint density at radius 1 is 1.33 bits per heavy atom. The molecule has 0 bridgehead atoms. The number of imidazole rings is 1. The molecule has 0 atom stereocenters. The minimum atomic E-state index is -0.297. The SMILES string of the molecule is CSc1nc(NCc2nc3ccc(F)cc3[nH]2)n2ncc(Br)c2n1. The summed E-state index contributed by atoms with van der Waals surface area (Å²) in [5.41, 5.74) is 2.06. The van der Waals surface area contributed by atoms with Gasteiger partial charge in [0.1, 0.15) is 11.6 Å². The number of aromatic nitrogens is 6. The fourth-order valence-corrected chi connectivity index (χ4v) is 3.02. The fraction of sp³-hybridized carbons (Fsp3) is 0.143. The first kappa shape index (κ1) is 15.3. The van der Waals surface area contributed by atoms with Gasteiger partial charge in [0.15, 0.2) is 10.8 Å². The zero-order valence-corrected chi connectivity index (χ0v) is 14.8. The molecule has 0 saturated carbocycles. The van der Waals surface area contributed by atoms with Gasteiger partial charge in [0.05, 0.1) is 28.2 Å². The monoisotopic (exact) mass is 407 g/mol. The van der Waals surface area contributed by atoms with Crippen LogP contribution >= 0.6 is 27.7 Å². The summed E-state index contributed by atoms with van der Waals surface area (Å²) in [5.74, 6) is 0.940. The zero-order chi connectivity index (χ0) is 16.7. The first-order chi connectivity index (χ1) is 11.6. The van der Waals surface area contributed by atoms with Crippen LogP contribution in [0.15, 0.2) is 34.0 Å². The molecule has 24 heavy (non-hydrogen) atoms. The second-order valence-electron chi connectivity index (χ2n) is 4.96. The van der Waals surface area contributed by atoms with E-state index in [9.17, 15) is 4.39 Å². The van der Waals surface area contributed by atoms with Crippen LogP contribution in [0.3, 0.4) is 0 Å². The van der Waals surface area contributed by atoms with E-state index in [0.29, 0.717) is 40.2 Å². The number of thioether (sulfide) groups is 1. The molecule has 4 rings (SSSR count). The van der Waals surface area contributed by atoms with Gasteiger partial charge in [-0.25, -0.2) is 14.4 Å². The second kappa shape index (κ2) is 6.02. The van der Waals surface area contributed by atoms with Crippen LogP contribution in [0.2, 0.25) is 0 Å². The van der Waals surface area contributed by atoms with Crippen LogP contribution in [0, 0.1) is 5.82 Å². The van der Waals surface area contributed by atoms with E-state index in [0.717, 1.165) is 4.47 Å². The third-order valence-corrected chi connectivity index (χ3v) is 4.50. The van der Waals surface area contributed by atoms with Gasteiger partial charge in [0.25, 0.3) is 0 Å². The van der Waals surface area contributed by atoms with Crippen molar-refractivity contribution < 1.29 is 4.39 Å². The zero-order valence-electron chi connectivity index (χ0n) is 12.4. The van der Waals surface area contributed by atoms with Crippen LogP contribution in [0.1, 0.15) is 5.82 Å². The van der Waals surface area contributed by atoms with Crippen molar-refractivity contribution in [3.05, 3.63) is 40.5 Å². The molecule has 0 unspecified atom stereocenters. The molecule has 0 aliphatic carbocycles. The van der Waals surface area contributed by atoms with Gasteiger partial charge in [-0.15, -0.1) is 0 Å². The predicted octanol–water partition coefficient (Wildman–Crippen LogP) is 3.24. The number of rotatable bonds is 4. The van der Waals surface area contributed by atoms with Gasteiger partial charge in [0.2, 0.25) is 5.95 Å². The number of hydrogen-bond acceptors (Lipinski definition) is 6. The molecule has 3 aromatic heterocycles. The molecule has 7 nitrogen and oxygen atoms in total. The lowest BCUT2D eigenvalue weighted by Gasteiger charge is -2.07. The first-order valence-electron chi connectivity index (χ1n) is 6.97. The lowest BCUT2D eigenvalue weighted by Crippen LogP contribution is -2.10. The van der Waals surface area contributed by atoms with Gasteiger partial charge in [0, 0.05) is 0 Å². The van der Waals surface area contributed by atoms with Crippen LogP contribution in [-0.4, -0.2) is 35.8 Å². The van der Waals surface area contributed by atoms with E-state index in [1.807, 2.05) is 6.26 Å². The van der Waals surface area contributed by atoms with Gasteiger partial charge in [-0.2, -0.15) is 14.6 Å². The lowest BCUT2D eigenvalue weighted by molar-refractivity contribution is 0.629. The van der Waals surface area contributed by atoms with E-state index >= 15 is 0 Å². The number of benzene rings is 1. The number of hydrogen-bond donors (Lipinski definition) is 2. The van der Waals surface area contributed by atoms with Crippen LogP contribution in [0.4, 0.5) is 10.3 Å². The number of aromatic amines is 1. The van der Waals surface area contributed by atoms with Gasteiger partial charge >= 0.3 is 0 Å². The molecule has 1 aromatic carbocycles. The molecular formula is C14H11BrFN7S. The standard InChI is InChI=1S/C14H11BrFN7S/c1-24-14-21-12-8(15)5-18-23(12)13(22-14)17-6-11-19-9-3-2-7(16)4-10(9)20-11/h2-5H,6H2,1H3,(H,19,20)(H,17,21,22). The van der Waals surface area contributed by atoms with Crippen LogP contribution in [0.25, 0.3) is 16.7 Å². The number of nitrogens with zero attached hydrogens (tertiary/aromatic N) is 5. The van der Waals surface area contributed by atoms with E-state index in [4.69, 9.17) is 0 Å². The highest BCUT2D eigenvalue weighted by atomic mass is 79.9. The molecular weight excluding hydrogens is 397 g/mol. The maximum Gasteiger partial charge on any atom is 0.228 e. The van der Waals surface area contributed by atoms with Crippen molar-refractivity contribution in [3.63, 3.8) is 0 Å². The summed E-state index contributed by atoms with van der Waals surface area (Å²) in [6, 6.07) is 4.45. The molecule has 0 amide bonds. The molecule has 10 heteroatoms. The number of anilines is 1. The molecule has 0 spiro atoms. The Hall–Kier alpha value is -2.20. The highest BCUT2D eigenvalue weighted by Gasteiger charge is 2.12. The van der Waals surface area contributed by atoms with E-state index in [1.165, 1.54) is 23.9 Å². The number of H-pyrrole nitrogens is 1. The molecule has 0 radical (unpaired) electrons. The smallest absolute Gasteiger partial charge is 0.228 e. The summed E-state index contributed by atoms with van der Waals surface area (Å²) in [5, 5.41) is 8.09. The van der Waals surface area contributed by atoms with Crippen LogP contribution in [0.5, 0.6) is 0 Å². The average molecular weight is 408 g/mol. The van der Waals surface area contributed by atoms with Crippen molar-refractivity contribution in [1.29, 1.82) is 0 Å². The van der Waals surface area contributed by atoms with E-state index in [2.05, 4.69) is 46.3 Å². The maximum atomic E-state index is 13.3. The molecule has 0 aliphatic heterocycles. The van der Waals surface area contributed by atoms with Crippen molar-refractivity contribution in [3.8, 4) is 0 Å².